The Kier molecular flexibility index (Phi) is 3.41. The van der Waals surface area contributed by atoms with E-state index in [1.54, 1.807) is 21.0 Å². The topological polar surface area (TPSA) is 62.3 Å². The smallest absolute Gasteiger partial charge is 0.265 e. The van der Waals surface area contributed by atoms with Crippen molar-refractivity contribution in [2.45, 2.75) is 13.8 Å². The van der Waals surface area contributed by atoms with E-state index in [0.717, 1.165) is 0 Å². The summed E-state index contributed by atoms with van der Waals surface area (Å²) in [6.07, 6.45) is 0. The quantitative estimate of drug-likeness (QED) is 0.823. The molecule has 0 aliphatic heterocycles. The Balaban J connectivity index is 2.96. The Morgan fingerprint density at radius 3 is 2.47 bits per heavy atom. The van der Waals surface area contributed by atoms with Gasteiger partial charge in [-0.05, 0) is 6.92 Å². The van der Waals surface area contributed by atoms with Crippen molar-refractivity contribution in [1.29, 1.82) is 0 Å². The maximum absolute atomic E-state index is 11.6. The van der Waals surface area contributed by atoms with Crippen LogP contribution in [0.1, 0.15) is 22.3 Å². The molecule has 0 aromatic carbocycles. The molecule has 1 aromatic heterocycles. The Morgan fingerprint density at radius 1 is 1.40 bits per heavy atom. The number of amides is 2. The monoisotopic (exact) mass is 227 g/mol. The lowest BCUT2D eigenvalue weighted by atomic mass is 10.3. The standard InChI is InChI=1S/C9H13N3O2S/c1-5-7(8(14)12(3)4)15-9(10-5)11-6(2)13/h1-4H3,(H,10,11,13). The van der Waals surface area contributed by atoms with Crippen LogP contribution >= 0.6 is 11.3 Å². The molecule has 1 aromatic rings. The van der Waals surface area contributed by atoms with Gasteiger partial charge >= 0.3 is 0 Å². The molecule has 2 amide bonds. The van der Waals surface area contributed by atoms with Gasteiger partial charge in [0.25, 0.3) is 5.91 Å². The first kappa shape index (κ1) is 11.6. The highest BCUT2D eigenvalue weighted by atomic mass is 32.1. The molecule has 0 aliphatic carbocycles. The number of rotatable bonds is 2. The van der Waals surface area contributed by atoms with Crippen LogP contribution in [0.3, 0.4) is 0 Å². The zero-order valence-corrected chi connectivity index (χ0v) is 9.94. The Morgan fingerprint density at radius 2 is 2.00 bits per heavy atom. The van der Waals surface area contributed by atoms with Crippen molar-refractivity contribution < 1.29 is 9.59 Å². The molecule has 0 unspecified atom stereocenters. The number of aryl methyl sites for hydroxylation is 1. The summed E-state index contributed by atoms with van der Waals surface area (Å²) in [5.41, 5.74) is 0.641. The maximum atomic E-state index is 11.6. The van der Waals surface area contributed by atoms with Crippen LogP contribution in [0.5, 0.6) is 0 Å². The van der Waals surface area contributed by atoms with Crippen LogP contribution in [-0.2, 0) is 4.79 Å². The number of hydrogen-bond donors (Lipinski definition) is 1. The minimum absolute atomic E-state index is 0.0957. The van der Waals surface area contributed by atoms with Gasteiger partial charge in [-0.15, -0.1) is 0 Å². The summed E-state index contributed by atoms with van der Waals surface area (Å²) in [4.78, 5) is 28.6. The second kappa shape index (κ2) is 4.39. The average Bonchev–Trinajstić information content (AvgIpc) is 2.44. The summed E-state index contributed by atoms with van der Waals surface area (Å²) < 4.78 is 0. The van der Waals surface area contributed by atoms with Gasteiger partial charge in [0.15, 0.2) is 5.13 Å². The molecule has 5 nitrogen and oxygen atoms in total. The van der Waals surface area contributed by atoms with Crippen LogP contribution in [-0.4, -0.2) is 35.8 Å². The van der Waals surface area contributed by atoms with Crippen LogP contribution in [0.2, 0.25) is 0 Å². The third-order valence-electron chi connectivity index (χ3n) is 1.68. The van der Waals surface area contributed by atoms with Crippen molar-refractivity contribution >= 4 is 28.3 Å². The van der Waals surface area contributed by atoms with Crippen molar-refractivity contribution in [3.63, 3.8) is 0 Å². The van der Waals surface area contributed by atoms with E-state index in [-0.39, 0.29) is 11.8 Å². The Labute approximate surface area is 92.1 Å². The summed E-state index contributed by atoms with van der Waals surface area (Å²) in [6.45, 7) is 3.16. The number of nitrogens with zero attached hydrogens (tertiary/aromatic N) is 2. The molecule has 0 bridgehead atoms. The third kappa shape index (κ3) is 2.76. The van der Waals surface area contributed by atoms with E-state index in [1.165, 1.54) is 23.2 Å². The van der Waals surface area contributed by atoms with Crippen LogP contribution in [0, 0.1) is 6.92 Å². The molecule has 1 heterocycles. The fourth-order valence-corrected chi connectivity index (χ4v) is 2.04. The molecule has 0 saturated carbocycles. The molecule has 15 heavy (non-hydrogen) atoms. The van der Waals surface area contributed by atoms with Crippen LogP contribution in [0.4, 0.5) is 5.13 Å². The highest BCUT2D eigenvalue weighted by Crippen LogP contribution is 2.23. The molecule has 6 heteroatoms. The number of nitrogens with one attached hydrogen (secondary N) is 1. The summed E-state index contributed by atoms with van der Waals surface area (Å²) in [5.74, 6) is -0.283. The number of thiazole rings is 1. The number of carbonyl (C=O) groups excluding carboxylic acids is 2. The number of carbonyl (C=O) groups is 2. The summed E-state index contributed by atoms with van der Waals surface area (Å²) in [6, 6.07) is 0. The molecule has 0 spiro atoms. The first-order chi connectivity index (χ1) is 6.91. The van der Waals surface area contributed by atoms with Crippen molar-refractivity contribution in [2.75, 3.05) is 19.4 Å². The predicted molar refractivity (Wildman–Crippen MR) is 59.2 cm³/mol. The predicted octanol–water partition coefficient (Wildman–Crippen LogP) is 1.11. The van der Waals surface area contributed by atoms with Crippen molar-refractivity contribution in [3.05, 3.63) is 10.6 Å². The number of hydrogen-bond acceptors (Lipinski definition) is 4. The van der Waals surface area contributed by atoms with E-state index >= 15 is 0 Å². The summed E-state index contributed by atoms with van der Waals surface area (Å²) in [7, 11) is 3.36. The average molecular weight is 227 g/mol. The van der Waals surface area contributed by atoms with Gasteiger partial charge in [0.2, 0.25) is 5.91 Å². The fraction of sp³-hybridized carbons (Fsp3) is 0.444. The van der Waals surface area contributed by atoms with Gasteiger partial charge in [-0.1, -0.05) is 11.3 Å². The van der Waals surface area contributed by atoms with Crippen molar-refractivity contribution in [2.24, 2.45) is 0 Å². The van der Waals surface area contributed by atoms with E-state index in [2.05, 4.69) is 10.3 Å². The number of aromatic nitrogens is 1. The Bertz CT molecular complexity index is 398. The highest BCUT2D eigenvalue weighted by Gasteiger charge is 2.16. The lowest BCUT2D eigenvalue weighted by Crippen LogP contribution is -2.21. The normalized spacial score (nSPS) is 9.87. The molecule has 1 rings (SSSR count). The van der Waals surface area contributed by atoms with E-state index in [9.17, 15) is 9.59 Å². The minimum atomic E-state index is -0.187. The summed E-state index contributed by atoms with van der Waals surface area (Å²) >= 11 is 1.19. The molecule has 0 atom stereocenters. The lowest BCUT2D eigenvalue weighted by molar-refractivity contribution is -0.114. The van der Waals surface area contributed by atoms with E-state index in [1.807, 2.05) is 0 Å². The third-order valence-corrected chi connectivity index (χ3v) is 2.74. The number of anilines is 1. The van der Waals surface area contributed by atoms with Crippen molar-refractivity contribution in [3.8, 4) is 0 Å². The van der Waals surface area contributed by atoms with Gasteiger partial charge in [0.05, 0.1) is 5.69 Å². The van der Waals surface area contributed by atoms with Gasteiger partial charge in [0, 0.05) is 21.0 Å². The molecular formula is C9H13N3O2S. The maximum Gasteiger partial charge on any atom is 0.265 e. The van der Waals surface area contributed by atoms with E-state index in [4.69, 9.17) is 0 Å². The molecule has 0 radical (unpaired) electrons. The van der Waals surface area contributed by atoms with E-state index in [0.29, 0.717) is 15.7 Å². The lowest BCUT2D eigenvalue weighted by Gasteiger charge is -2.07. The first-order valence-corrected chi connectivity index (χ1v) is 5.20. The van der Waals surface area contributed by atoms with Crippen LogP contribution < -0.4 is 5.32 Å². The summed E-state index contributed by atoms with van der Waals surface area (Å²) in [5, 5.41) is 3.02. The van der Waals surface area contributed by atoms with E-state index < -0.39 is 0 Å². The molecular weight excluding hydrogens is 214 g/mol. The zero-order valence-electron chi connectivity index (χ0n) is 9.12. The molecule has 0 aliphatic rings. The van der Waals surface area contributed by atoms with Crippen LogP contribution in [0.25, 0.3) is 0 Å². The van der Waals surface area contributed by atoms with Crippen LogP contribution in [0.15, 0.2) is 0 Å². The second-order valence-corrected chi connectivity index (χ2v) is 4.31. The first-order valence-electron chi connectivity index (χ1n) is 4.38. The van der Waals surface area contributed by atoms with Crippen molar-refractivity contribution in [1.82, 2.24) is 9.88 Å². The molecule has 0 fully saturated rings. The second-order valence-electron chi connectivity index (χ2n) is 3.31. The largest absolute Gasteiger partial charge is 0.344 e. The van der Waals surface area contributed by atoms with Gasteiger partial charge in [0.1, 0.15) is 4.88 Å². The van der Waals surface area contributed by atoms with Gasteiger partial charge in [-0.25, -0.2) is 4.98 Å². The molecule has 82 valence electrons. The highest BCUT2D eigenvalue weighted by molar-refractivity contribution is 7.17. The Hall–Kier alpha value is -1.43. The van der Waals surface area contributed by atoms with Gasteiger partial charge in [-0.3, -0.25) is 9.59 Å². The SMILES string of the molecule is CC(=O)Nc1nc(C)c(C(=O)N(C)C)s1. The zero-order chi connectivity index (χ0) is 11.6. The molecule has 0 saturated heterocycles. The fourth-order valence-electron chi connectivity index (χ4n) is 1.00. The minimum Gasteiger partial charge on any atom is -0.344 e. The van der Waals surface area contributed by atoms with Gasteiger partial charge < -0.3 is 10.2 Å². The molecule has 1 N–H and O–H groups in total. The van der Waals surface area contributed by atoms with Gasteiger partial charge in [-0.2, -0.15) is 0 Å².